The third kappa shape index (κ3) is 3.58. The number of hydrogen-bond donors (Lipinski definition) is 2. The number of nitrogens with zero attached hydrogens (tertiary/aromatic N) is 1. The summed E-state index contributed by atoms with van der Waals surface area (Å²) in [6.07, 6.45) is 9.80. The van der Waals surface area contributed by atoms with Crippen LogP contribution in [-0.4, -0.2) is 21.8 Å². The first-order valence-corrected chi connectivity index (χ1v) is 6.80. The van der Waals surface area contributed by atoms with Gasteiger partial charge < -0.3 is 15.0 Å². The minimum absolute atomic E-state index is 0.453. The monoisotopic (exact) mass is 236 g/mol. The molecule has 1 aliphatic carbocycles. The molecule has 0 amide bonds. The molecule has 0 aromatic carbocycles. The largest absolute Gasteiger partial charge is 0.389 e. The second-order valence-corrected chi connectivity index (χ2v) is 5.24. The third-order valence-corrected chi connectivity index (χ3v) is 3.74. The lowest BCUT2D eigenvalue weighted by Crippen LogP contribution is -2.41. The van der Waals surface area contributed by atoms with Crippen LogP contribution in [-0.2, 0) is 13.1 Å². The zero-order chi connectivity index (χ0) is 12.1. The highest BCUT2D eigenvalue weighted by Gasteiger charge is 2.28. The van der Waals surface area contributed by atoms with Gasteiger partial charge in [0.2, 0.25) is 0 Å². The zero-order valence-corrected chi connectivity index (χ0v) is 10.8. The molecule has 1 fully saturated rings. The molecule has 1 aromatic rings. The van der Waals surface area contributed by atoms with Crippen molar-refractivity contribution in [2.45, 2.75) is 57.7 Å². The van der Waals surface area contributed by atoms with Crippen molar-refractivity contribution in [2.24, 2.45) is 0 Å². The molecule has 0 aliphatic heterocycles. The van der Waals surface area contributed by atoms with Gasteiger partial charge in [-0.05, 0) is 31.4 Å². The Kier molecular flexibility index (Phi) is 4.24. The maximum atomic E-state index is 10.3. The molecule has 2 rings (SSSR count). The second-order valence-electron chi connectivity index (χ2n) is 5.24. The molecule has 0 radical (unpaired) electrons. The highest BCUT2D eigenvalue weighted by atomic mass is 16.3. The minimum Gasteiger partial charge on any atom is -0.389 e. The van der Waals surface area contributed by atoms with E-state index in [0.29, 0.717) is 0 Å². The van der Waals surface area contributed by atoms with Gasteiger partial charge >= 0.3 is 0 Å². The minimum atomic E-state index is -0.453. The Morgan fingerprint density at radius 3 is 2.76 bits per heavy atom. The Labute approximate surface area is 104 Å². The summed E-state index contributed by atoms with van der Waals surface area (Å²) in [5, 5.41) is 13.7. The Balaban J connectivity index is 1.74. The SMILES string of the molecule is CCn1ccc(CNCC2(O)CCCCC2)c1. The summed E-state index contributed by atoms with van der Waals surface area (Å²) < 4.78 is 2.17. The van der Waals surface area contributed by atoms with E-state index in [-0.39, 0.29) is 0 Å². The Morgan fingerprint density at radius 1 is 1.35 bits per heavy atom. The van der Waals surface area contributed by atoms with E-state index in [1.54, 1.807) is 0 Å². The van der Waals surface area contributed by atoms with E-state index in [2.05, 4.69) is 35.3 Å². The normalized spacial score (nSPS) is 19.4. The van der Waals surface area contributed by atoms with E-state index in [4.69, 9.17) is 0 Å². The summed E-state index contributed by atoms with van der Waals surface area (Å²) in [6, 6.07) is 2.14. The summed E-state index contributed by atoms with van der Waals surface area (Å²) in [4.78, 5) is 0. The molecule has 0 unspecified atom stereocenters. The van der Waals surface area contributed by atoms with Crippen LogP contribution >= 0.6 is 0 Å². The van der Waals surface area contributed by atoms with E-state index in [1.165, 1.54) is 24.8 Å². The average molecular weight is 236 g/mol. The predicted molar refractivity (Wildman–Crippen MR) is 69.8 cm³/mol. The fraction of sp³-hybridized carbons (Fsp3) is 0.714. The third-order valence-electron chi connectivity index (χ3n) is 3.74. The van der Waals surface area contributed by atoms with E-state index >= 15 is 0 Å². The smallest absolute Gasteiger partial charge is 0.0771 e. The van der Waals surface area contributed by atoms with Crippen LogP contribution in [0.15, 0.2) is 18.5 Å². The highest BCUT2D eigenvalue weighted by Crippen LogP contribution is 2.27. The fourth-order valence-electron chi connectivity index (χ4n) is 2.62. The molecule has 1 saturated carbocycles. The predicted octanol–water partition coefficient (Wildman–Crippen LogP) is 2.29. The molecule has 3 nitrogen and oxygen atoms in total. The lowest BCUT2D eigenvalue weighted by molar-refractivity contribution is 0.00468. The van der Waals surface area contributed by atoms with Crippen molar-refractivity contribution in [1.29, 1.82) is 0 Å². The lowest BCUT2D eigenvalue weighted by Gasteiger charge is -2.32. The van der Waals surface area contributed by atoms with E-state index in [0.717, 1.165) is 32.5 Å². The van der Waals surface area contributed by atoms with Crippen LogP contribution in [0.2, 0.25) is 0 Å². The summed E-state index contributed by atoms with van der Waals surface area (Å²) in [5.74, 6) is 0. The summed E-state index contributed by atoms with van der Waals surface area (Å²) in [5.41, 5.74) is 0.845. The lowest BCUT2D eigenvalue weighted by atomic mass is 9.85. The van der Waals surface area contributed by atoms with Crippen molar-refractivity contribution in [2.75, 3.05) is 6.54 Å². The molecule has 1 heterocycles. The second kappa shape index (κ2) is 5.69. The van der Waals surface area contributed by atoms with Crippen LogP contribution in [0.3, 0.4) is 0 Å². The fourth-order valence-corrected chi connectivity index (χ4v) is 2.62. The number of aliphatic hydroxyl groups is 1. The number of aromatic nitrogens is 1. The molecule has 2 N–H and O–H groups in total. The van der Waals surface area contributed by atoms with Gasteiger partial charge in [-0.15, -0.1) is 0 Å². The quantitative estimate of drug-likeness (QED) is 0.823. The van der Waals surface area contributed by atoms with Crippen LogP contribution in [0.4, 0.5) is 0 Å². The summed E-state index contributed by atoms with van der Waals surface area (Å²) in [7, 11) is 0. The van der Waals surface area contributed by atoms with Crippen molar-refractivity contribution < 1.29 is 5.11 Å². The van der Waals surface area contributed by atoms with Gasteiger partial charge in [0.1, 0.15) is 0 Å². The van der Waals surface area contributed by atoms with Gasteiger partial charge in [-0.1, -0.05) is 19.3 Å². The van der Waals surface area contributed by atoms with E-state index in [9.17, 15) is 5.11 Å². The van der Waals surface area contributed by atoms with Crippen LogP contribution < -0.4 is 5.32 Å². The molecule has 0 atom stereocenters. The Morgan fingerprint density at radius 2 is 2.12 bits per heavy atom. The van der Waals surface area contributed by atoms with Crippen molar-refractivity contribution >= 4 is 0 Å². The first-order valence-electron chi connectivity index (χ1n) is 6.80. The van der Waals surface area contributed by atoms with Gasteiger partial charge in [-0.2, -0.15) is 0 Å². The molecule has 0 saturated heterocycles. The first kappa shape index (κ1) is 12.7. The number of aryl methyl sites for hydroxylation is 1. The number of hydrogen-bond acceptors (Lipinski definition) is 2. The molecule has 1 aliphatic rings. The Hall–Kier alpha value is -0.800. The zero-order valence-electron chi connectivity index (χ0n) is 10.8. The van der Waals surface area contributed by atoms with Gasteiger partial charge in [-0.3, -0.25) is 0 Å². The van der Waals surface area contributed by atoms with Crippen molar-refractivity contribution in [1.82, 2.24) is 9.88 Å². The van der Waals surface area contributed by atoms with Crippen LogP contribution in [0.25, 0.3) is 0 Å². The van der Waals surface area contributed by atoms with E-state index < -0.39 is 5.60 Å². The van der Waals surface area contributed by atoms with Gasteiger partial charge in [0.25, 0.3) is 0 Å². The number of rotatable bonds is 5. The van der Waals surface area contributed by atoms with Crippen LogP contribution in [0.5, 0.6) is 0 Å². The highest BCUT2D eigenvalue weighted by molar-refractivity contribution is 5.09. The topological polar surface area (TPSA) is 37.2 Å². The molecule has 96 valence electrons. The van der Waals surface area contributed by atoms with E-state index in [1.807, 2.05) is 0 Å². The molecular weight excluding hydrogens is 212 g/mol. The van der Waals surface area contributed by atoms with Gasteiger partial charge in [-0.25, -0.2) is 0 Å². The summed E-state index contributed by atoms with van der Waals surface area (Å²) in [6.45, 7) is 4.74. The standard InChI is InChI=1S/C14H24N2O/c1-2-16-9-6-13(11-16)10-15-12-14(17)7-4-3-5-8-14/h6,9,11,15,17H,2-5,7-8,10,12H2,1H3. The van der Waals surface area contributed by atoms with Gasteiger partial charge in [0.05, 0.1) is 5.60 Å². The first-order chi connectivity index (χ1) is 8.22. The van der Waals surface area contributed by atoms with Crippen molar-refractivity contribution in [3.63, 3.8) is 0 Å². The molecular formula is C14H24N2O. The van der Waals surface area contributed by atoms with Crippen LogP contribution in [0, 0.1) is 0 Å². The molecule has 1 aromatic heterocycles. The maximum Gasteiger partial charge on any atom is 0.0771 e. The molecule has 3 heteroatoms. The van der Waals surface area contributed by atoms with Crippen molar-refractivity contribution in [3.8, 4) is 0 Å². The van der Waals surface area contributed by atoms with Gasteiger partial charge in [0.15, 0.2) is 0 Å². The molecule has 0 bridgehead atoms. The average Bonchev–Trinajstić information content (AvgIpc) is 2.78. The summed E-state index contributed by atoms with van der Waals surface area (Å²) >= 11 is 0. The molecule has 0 spiro atoms. The van der Waals surface area contributed by atoms with Gasteiger partial charge in [0, 0.05) is 32.0 Å². The Bertz CT molecular complexity index is 340. The maximum absolute atomic E-state index is 10.3. The number of nitrogens with one attached hydrogen (secondary N) is 1. The molecule has 17 heavy (non-hydrogen) atoms. The van der Waals surface area contributed by atoms with Crippen molar-refractivity contribution in [3.05, 3.63) is 24.0 Å². The van der Waals surface area contributed by atoms with Crippen LogP contribution in [0.1, 0.15) is 44.6 Å².